The second-order valence-corrected chi connectivity index (χ2v) is 6.93. The fourth-order valence-electron chi connectivity index (χ4n) is 3.21. The summed E-state index contributed by atoms with van der Waals surface area (Å²) in [5, 5.41) is 6.54. The van der Waals surface area contributed by atoms with E-state index < -0.39 is 6.04 Å². The van der Waals surface area contributed by atoms with E-state index in [1.807, 2.05) is 30.3 Å². The summed E-state index contributed by atoms with van der Waals surface area (Å²) >= 11 is 0. The highest BCUT2D eigenvalue weighted by molar-refractivity contribution is 6.00. The maximum atomic E-state index is 12.9. The maximum absolute atomic E-state index is 12.9. The number of carbonyl (C=O) groups is 2. The molecule has 31 heavy (non-hydrogen) atoms. The molecule has 0 aliphatic carbocycles. The van der Waals surface area contributed by atoms with Crippen molar-refractivity contribution in [2.24, 2.45) is 0 Å². The summed E-state index contributed by atoms with van der Waals surface area (Å²) in [7, 11) is 0. The predicted octanol–water partition coefficient (Wildman–Crippen LogP) is 2.85. The first-order chi connectivity index (χ1) is 15.2. The van der Waals surface area contributed by atoms with Crippen molar-refractivity contribution in [1.29, 1.82) is 0 Å². The third-order valence-electron chi connectivity index (χ3n) is 4.79. The molecule has 1 unspecified atom stereocenters. The molecule has 4 rings (SSSR count). The van der Waals surface area contributed by atoms with Gasteiger partial charge in [-0.2, -0.15) is 0 Å². The van der Waals surface area contributed by atoms with Gasteiger partial charge in [-0.1, -0.05) is 18.2 Å². The van der Waals surface area contributed by atoms with Crippen LogP contribution in [0.2, 0.25) is 0 Å². The molecule has 0 fully saturated rings. The quantitative estimate of drug-likeness (QED) is 0.487. The Bertz CT molecular complexity index is 1180. The zero-order valence-corrected chi connectivity index (χ0v) is 16.7. The highest BCUT2D eigenvalue weighted by Gasteiger charge is 2.24. The van der Waals surface area contributed by atoms with Crippen molar-refractivity contribution in [2.45, 2.75) is 12.5 Å². The molecule has 7 heteroatoms. The molecule has 2 N–H and O–H groups in total. The van der Waals surface area contributed by atoms with Crippen molar-refractivity contribution >= 4 is 22.7 Å². The molecule has 3 heterocycles. The number of carbonyl (C=O) groups excluding carboxylic acids is 2. The summed E-state index contributed by atoms with van der Waals surface area (Å²) in [6.45, 7) is 0.399. The van der Waals surface area contributed by atoms with Gasteiger partial charge in [0, 0.05) is 48.2 Å². The van der Waals surface area contributed by atoms with Gasteiger partial charge in [-0.15, -0.1) is 0 Å². The second-order valence-electron chi connectivity index (χ2n) is 6.93. The molecule has 7 nitrogen and oxygen atoms in total. The Labute approximate surface area is 179 Å². The van der Waals surface area contributed by atoms with Crippen LogP contribution < -0.4 is 10.6 Å². The van der Waals surface area contributed by atoms with Crippen LogP contribution in [0, 0.1) is 0 Å². The molecule has 0 radical (unpaired) electrons. The van der Waals surface area contributed by atoms with E-state index in [1.54, 1.807) is 55.0 Å². The number of pyridine rings is 3. The lowest BCUT2D eigenvalue weighted by molar-refractivity contribution is -0.123. The molecule has 0 saturated heterocycles. The van der Waals surface area contributed by atoms with Gasteiger partial charge in [0.1, 0.15) is 0 Å². The minimum absolute atomic E-state index is 0.328. The zero-order chi connectivity index (χ0) is 21.5. The number of rotatable bonds is 7. The fourth-order valence-corrected chi connectivity index (χ4v) is 3.21. The van der Waals surface area contributed by atoms with Crippen LogP contribution in [0.5, 0.6) is 0 Å². The van der Waals surface area contributed by atoms with Gasteiger partial charge in [0.25, 0.3) is 5.91 Å². The van der Waals surface area contributed by atoms with Gasteiger partial charge in [-0.25, -0.2) is 0 Å². The number of fused-ring (bicyclic) bond motifs is 1. The molecule has 0 aliphatic heterocycles. The lowest BCUT2D eigenvalue weighted by atomic mass is 10.1. The topological polar surface area (TPSA) is 96.9 Å². The van der Waals surface area contributed by atoms with Crippen molar-refractivity contribution in [3.8, 4) is 0 Å². The second kappa shape index (κ2) is 9.58. The average molecular weight is 411 g/mol. The van der Waals surface area contributed by atoms with E-state index >= 15 is 0 Å². The number of amides is 2. The van der Waals surface area contributed by atoms with Crippen molar-refractivity contribution in [1.82, 2.24) is 25.6 Å². The summed E-state index contributed by atoms with van der Waals surface area (Å²) in [6.07, 6.45) is 5.60. The van der Waals surface area contributed by atoms with Crippen LogP contribution in [0.4, 0.5) is 0 Å². The zero-order valence-electron chi connectivity index (χ0n) is 16.7. The van der Waals surface area contributed by atoms with Gasteiger partial charge < -0.3 is 10.6 Å². The highest BCUT2D eigenvalue weighted by Crippen LogP contribution is 2.16. The van der Waals surface area contributed by atoms with Gasteiger partial charge in [-0.05, 0) is 48.5 Å². The summed E-state index contributed by atoms with van der Waals surface area (Å²) < 4.78 is 0. The lowest BCUT2D eigenvalue weighted by Crippen LogP contribution is -2.41. The molecule has 0 aliphatic rings. The Hall–Kier alpha value is -4.13. The molecule has 2 amide bonds. The smallest absolute Gasteiger partial charge is 0.252 e. The number of hydrogen-bond acceptors (Lipinski definition) is 5. The molecule has 1 atom stereocenters. The predicted molar refractivity (Wildman–Crippen MR) is 117 cm³/mol. The summed E-state index contributed by atoms with van der Waals surface area (Å²) in [5.41, 5.74) is 2.59. The third-order valence-corrected chi connectivity index (χ3v) is 4.79. The third kappa shape index (κ3) is 5.08. The molecule has 154 valence electrons. The maximum Gasteiger partial charge on any atom is 0.252 e. The van der Waals surface area contributed by atoms with Crippen LogP contribution in [0.25, 0.3) is 10.9 Å². The number of nitrogens with zero attached hydrogens (tertiary/aromatic N) is 3. The molecule has 1 aromatic carbocycles. The van der Waals surface area contributed by atoms with E-state index in [4.69, 9.17) is 0 Å². The molecule has 0 saturated carbocycles. The van der Waals surface area contributed by atoms with E-state index in [1.165, 1.54) is 0 Å². The van der Waals surface area contributed by atoms with Gasteiger partial charge in [-0.3, -0.25) is 24.5 Å². The summed E-state index contributed by atoms with van der Waals surface area (Å²) in [5.74, 6) is -0.688. The van der Waals surface area contributed by atoms with E-state index in [0.29, 0.717) is 24.2 Å². The van der Waals surface area contributed by atoms with E-state index in [9.17, 15) is 9.59 Å². The monoisotopic (exact) mass is 411 g/mol. The Balaban J connectivity index is 1.49. The molecule has 4 aromatic rings. The van der Waals surface area contributed by atoms with Crippen molar-refractivity contribution in [2.75, 3.05) is 6.54 Å². The highest BCUT2D eigenvalue weighted by atomic mass is 16.2. The molecular formula is C24H21N5O2. The largest absolute Gasteiger partial charge is 0.354 e. The van der Waals surface area contributed by atoms with E-state index in [-0.39, 0.29) is 11.8 Å². The molecule has 0 spiro atoms. The number of hydrogen-bond donors (Lipinski definition) is 2. The van der Waals surface area contributed by atoms with Gasteiger partial charge in [0.15, 0.2) is 6.04 Å². The van der Waals surface area contributed by atoms with Crippen molar-refractivity contribution in [3.05, 3.63) is 102 Å². The minimum Gasteiger partial charge on any atom is -0.354 e. The average Bonchev–Trinajstić information content (AvgIpc) is 2.83. The minimum atomic E-state index is -0.915. The first kappa shape index (κ1) is 20.2. The fraction of sp³-hybridized carbons (Fsp3) is 0.125. The Morgan fingerprint density at radius 2 is 1.65 bits per heavy atom. The summed E-state index contributed by atoms with van der Waals surface area (Å²) in [6, 6.07) is 18.9. The van der Waals surface area contributed by atoms with Crippen LogP contribution in [0.15, 0.2) is 85.3 Å². The van der Waals surface area contributed by atoms with Gasteiger partial charge >= 0.3 is 0 Å². The Kier molecular flexibility index (Phi) is 6.23. The van der Waals surface area contributed by atoms with Crippen LogP contribution in [0.3, 0.4) is 0 Å². The Morgan fingerprint density at radius 1 is 0.839 bits per heavy atom. The Morgan fingerprint density at radius 3 is 2.42 bits per heavy atom. The first-order valence-corrected chi connectivity index (χ1v) is 9.95. The first-order valence-electron chi connectivity index (χ1n) is 9.95. The molecule has 0 bridgehead atoms. The van der Waals surface area contributed by atoms with Crippen LogP contribution >= 0.6 is 0 Å². The van der Waals surface area contributed by atoms with Crippen LogP contribution in [-0.4, -0.2) is 33.3 Å². The summed E-state index contributed by atoms with van der Waals surface area (Å²) in [4.78, 5) is 38.6. The number of aromatic nitrogens is 3. The molecular weight excluding hydrogens is 390 g/mol. The van der Waals surface area contributed by atoms with Crippen molar-refractivity contribution in [3.63, 3.8) is 0 Å². The standard InChI is InChI=1S/C24H21N5O2/c30-23(18-9-10-20-17(16-18)6-5-14-26-20)29-22(21-8-2-4-13-27-21)24(31)28-15-11-19-7-1-3-12-25-19/h1-10,12-14,16,22H,11,15H2,(H,28,31)(H,29,30). The molecule has 3 aromatic heterocycles. The van der Waals surface area contributed by atoms with Gasteiger partial charge in [0.2, 0.25) is 5.91 Å². The van der Waals surface area contributed by atoms with Crippen LogP contribution in [-0.2, 0) is 11.2 Å². The van der Waals surface area contributed by atoms with E-state index in [2.05, 4.69) is 25.6 Å². The number of nitrogens with one attached hydrogen (secondary N) is 2. The van der Waals surface area contributed by atoms with Crippen LogP contribution in [0.1, 0.15) is 27.8 Å². The number of benzene rings is 1. The van der Waals surface area contributed by atoms with E-state index in [0.717, 1.165) is 16.6 Å². The van der Waals surface area contributed by atoms with Crippen molar-refractivity contribution < 1.29 is 9.59 Å². The lowest BCUT2D eigenvalue weighted by Gasteiger charge is -2.18. The van der Waals surface area contributed by atoms with Gasteiger partial charge in [0.05, 0.1) is 11.2 Å². The SMILES string of the molecule is O=C(NC(C(=O)NCCc1ccccn1)c1ccccn1)c1ccc2ncccc2c1. The normalized spacial score (nSPS) is 11.6.